The number of aromatic nitrogens is 3. The van der Waals surface area contributed by atoms with Crippen molar-refractivity contribution >= 4 is 11.3 Å². The average molecular weight is 150 g/mol. The van der Waals surface area contributed by atoms with Crippen molar-refractivity contribution in [3.05, 3.63) is 12.3 Å². The van der Waals surface area contributed by atoms with E-state index < -0.39 is 0 Å². The Morgan fingerprint density at radius 2 is 2.27 bits per heavy atom. The highest BCUT2D eigenvalue weighted by molar-refractivity contribution is 5.73. The lowest BCUT2D eigenvalue weighted by Gasteiger charge is -2.21. The van der Waals surface area contributed by atoms with Gasteiger partial charge in [-0.05, 0) is 19.9 Å². The van der Waals surface area contributed by atoms with E-state index in [-0.39, 0.29) is 0 Å². The summed E-state index contributed by atoms with van der Waals surface area (Å²) in [6, 6.07) is 2.62. The van der Waals surface area contributed by atoms with Crippen LogP contribution in [-0.4, -0.2) is 14.1 Å². The van der Waals surface area contributed by atoms with Crippen LogP contribution in [0.2, 0.25) is 0 Å². The van der Waals surface area contributed by atoms with E-state index in [4.69, 9.17) is 0 Å². The molecule has 2 aromatic rings. The summed E-state index contributed by atoms with van der Waals surface area (Å²) in [5.74, 6) is 0. The number of nitrogens with one attached hydrogen (secondary N) is 1. The average Bonchev–Trinajstić information content (AvgIpc) is 2.48. The zero-order valence-electron chi connectivity index (χ0n) is 6.57. The molecule has 0 saturated carbocycles. The van der Waals surface area contributed by atoms with Crippen LogP contribution in [0.3, 0.4) is 0 Å². The molecule has 4 bridgehead atoms. The molecule has 11 heavy (non-hydrogen) atoms. The standard InChI is InChI=1S/C7H10N4/c1-5(2)10-7-6-3-4-9(7)11(10)8-6/h3-5,8H,1-2H3. The Labute approximate surface area is 63.9 Å². The van der Waals surface area contributed by atoms with E-state index in [2.05, 4.69) is 40.7 Å². The number of anilines is 1. The minimum Gasteiger partial charge on any atom is -0.260 e. The predicted molar refractivity (Wildman–Crippen MR) is 42.8 cm³/mol. The SMILES string of the molecule is CC(C)n1c2c3ccn2n1N3. The van der Waals surface area contributed by atoms with Gasteiger partial charge in [0.25, 0.3) is 0 Å². The van der Waals surface area contributed by atoms with Crippen LogP contribution in [-0.2, 0) is 0 Å². The van der Waals surface area contributed by atoms with Crippen molar-refractivity contribution < 1.29 is 0 Å². The van der Waals surface area contributed by atoms with Gasteiger partial charge < -0.3 is 0 Å². The Morgan fingerprint density at radius 1 is 1.45 bits per heavy atom. The predicted octanol–water partition coefficient (Wildman–Crippen LogP) is 1.31. The van der Waals surface area contributed by atoms with Crippen molar-refractivity contribution in [3.8, 4) is 0 Å². The summed E-state index contributed by atoms with van der Waals surface area (Å²) in [5.41, 5.74) is 5.75. The van der Waals surface area contributed by atoms with Gasteiger partial charge in [-0.1, -0.05) is 0 Å². The van der Waals surface area contributed by atoms with Gasteiger partial charge in [0.2, 0.25) is 0 Å². The number of rotatable bonds is 1. The zero-order valence-corrected chi connectivity index (χ0v) is 6.57. The van der Waals surface area contributed by atoms with E-state index in [1.165, 1.54) is 11.3 Å². The van der Waals surface area contributed by atoms with Crippen molar-refractivity contribution in [2.75, 3.05) is 5.43 Å². The highest BCUT2D eigenvalue weighted by atomic mass is 15.8. The van der Waals surface area contributed by atoms with Gasteiger partial charge in [-0.25, -0.2) is 9.20 Å². The first-order chi connectivity index (χ1) is 5.29. The monoisotopic (exact) mass is 150 g/mol. The molecular weight excluding hydrogens is 140 g/mol. The second-order valence-corrected chi connectivity index (χ2v) is 3.24. The molecule has 0 atom stereocenters. The van der Waals surface area contributed by atoms with Gasteiger partial charge in [0.15, 0.2) is 5.65 Å². The lowest BCUT2D eigenvalue weighted by Crippen LogP contribution is -2.29. The molecule has 0 unspecified atom stereocenters. The molecule has 4 heterocycles. The van der Waals surface area contributed by atoms with Gasteiger partial charge in [-0.15, -0.1) is 4.91 Å². The Bertz CT molecular complexity index is 414. The first-order valence-electron chi connectivity index (χ1n) is 3.86. The minimum atomic E-state index is 0.533. The molecule has 0 fully saturated rings. The maximum atomic E-state index is 3.24. The van der Waals surface area contributed by atoms with Crippen LogP contribution in [0.25, 0.3) is 5.65 Å². The summed E-state index contributed by atoms with van der Waals surface area (Å²) in [5, 5.41) is 0. The second-order valence-electron chi connectivity index (χ2n) is 3.24. The zero-order chi connectivity index (χ0) is 7.59. The Balaban J connectivity index is 2.36. The molecule has 0 spiro atoms. The fraction of sp³-hybridized carbons (Fsp3) is 0.429. The quantitative estimate of drug-likeness (QED) is 0.556. The molecule has 0 amide bonds. The Kier molecular flexibility index (Phi) is 0.642. The summed E-state index contributed by atoms with van der Waals surface area (Å²) in [6.45, 7) is 4.36. The largest absolute Gasteiger partial charge is 0.260 e. The third-order valence-electron chi connectivity index (χ3n) is 2.18. The van der Waals surface area contributed by atoms with Crippen LogP contribution < -0.4 is 5.43 Å². The van der Waals surface area contributed by atoms with Gasteiger partial charge in [-0.3, -0.25) is 5.43 Å². The maximum Gasteiger partial charge on any atom is 0.178 e. The molecule has 0 radical (unpaired) electrons. The fourth-order valence-corrected chi connectivity index (χ4v) is 1.72. The van der Waals surface area contributed by atoms with Gasteiger partial charge in [-0.2, -0.15) is 0 Å². The molecule has 1 N–H and O–H groups in total. The normalized spacial score (nSPS) is 14.1. The topological polar surface area (TPSA) is 26.3 Å². The summed E-state index contributed by atoms with van der Waals surface area (Å²) in [6.07, 6.45) is 2.07. The van der Waals surface area contributed by atoms with E-state index in [1.54, 1.807) is 0 Å². The highest BCUT2D eigenvalue weighted by Crippen LogP contribution is 2.30. The van der Waals surface area contributed by atoms with Crippen molar-refractivity contribution in [2.24, 2.45) is 0 Å². The molecular formula is C7H10N4. The Morgan fingerprint density at radius 3 is 2.73 bits per heavy atom. The van der Waals surface area contributed by atoms with Crippen LogP contribution in [0.1, 0.15) is 19.9 Å². The highest BCUT2D eigenvalue weighted by Gasteiger charge is 2.26. The molecule has 0 aromatic carbocycles. The van der Waals surface area contributed by atoms with Crippen molar-refractivity contribution in [3.63, 3.8) is 0 Å². The molecule has 4 heteroatoms. The molecule has 58 valence electrons. The van der Waals surface area contributed by atoms with Crippen LogP contribution in [0.4, 0.5) is 5.69 Å². The van der Waals surface area contributed by atoms with E-state index in [0.29, 0.717) is 6.04 Å². The number of hydrogen-bond acceptors (Lipinski definition) is 1. The number of hydrogen-bond donors (Lipinski definition) is 1. The molecule has 0 aliphatic carbocycles. The van der Waals surface area contributed by atoms with Crippen LogP contribution in [0, 0.1) is 0 Å². The molecule has 4 nitrogen and oxygen atoms in total. The van der Waals surface area contributed by atoms with Crippen molar-refractivity contribution in [2.45, 2.75) is 19.9 Å². The van der Waals surface area contributed by atoms with Crippen LogP contribution in [0.15, 0.2) is 12.3 Å². The molecule has 0 saturated heterocycles. The van der Waals surface area contributed by atoms with E-state index in [0.717, 1.165) is 0 Å². The summed E-state index contributed by atoms with van der Waals surface area (Å²) in [7, 11) is 0. The summed E-state index contributed by atoms with van der Waals surface area (Å²) in [4.78, 5) is 2.02. The molecule has 2 aromatic heterocycles. The lowest BCUT2D eigenvalue weighted by atomic mass is 10.4. The minimum absolute atomic E-state index is 0.533. The van der Waals surface area contributed by atoms with E-state index in [9.17, 15) is 0 Å². The first kappa shape index (κ1) is 5.35. The number of nitrogens with zero attached hydrogens (tertiary/aromatic N) is 3. The van der Waals surface area contributed by atoms with Crippen molar-refractivity contribution in [1.29, 1.82) is 0 Å². The van der Waals surface area contributed by atoms with E-state index >= 15 is 0 Å². The smallest absolute Gasteiger partial charge is 0.178 e. The second kappa shape index (κ2) is 1.32. The summed E-state index contributed by atoms with van der Waals surface area (Å²) >= 11 is 0. The third kappa shape index (κ3) is 0.386. The van der Waals surface area contributed by atoms with Gasteiger partial charge >= 0.3 is 0 Å². The molecule has 2 aliphatic rings. The first-order valence-corrected chi connectivity index (χ1v) is 3.86. The fourth-order valence-electron chi connectivity index (χ4n) is 1.72. The van der Waals surface area contributed by atoms with Gasteiger partial charge in [0.1, 0.15) is 5.69 Å². The van der Waals surface area contributed by atoms with Gasteiger partial charge in [0.05, 0.1) is 6.04 Å². The molecule has 4 rings (SSSR count). The third-order valence-corrected chi connectivity index (χ3v) is 2.18. The van der Waals surface area contributed by atoms with Crippen molar-refractivity contribution in [1.82, 2.24) is 14.1 Å². The van der Waals surface area contributed by atoms with Crippen LogP contribution in [0.5, 0.6) is 0 Å². The van der Waals surface area contributed by atoms with Crippen LogP contribution >= 0.6 is 0 Å². The summed E-state index contributed by atoms with van der Waals surface area (Å²) < 4.78 is 4.34. The van der Waals surface area contributed by atoms with Gasteiger partial charge in [0, 0.05) is 6.20 Å². The Hall–Kier alpha value is -1.32. The molecule has 2 aliphatic heterocycles. The maximum absolute atomic E-state index is 3.24. The lowest BCUT2D eigenvalue weighted by molar-refractivity contribution is 0.373. The van der Waals surface area contributed by atoms with E-state index in [1.807, 2.05) is 4.91 Å².